The maximum Gasteiger partial charge on any atom is 0.206 e. The van der Waals surface area contributed by atoms with E-state index in [-0.39, 0.29) is 5.84 Å². The number of imidazole rings is 1. The van der Waals surface area contributed by atoms with Crippen molar-refractivity contribution in [1.82, 2.24) is 14.5 Å². The molecular formula is C10H10ClN5O. The summed E-state index contributed by atoms with van der Waals surface area (Å²) in [6.45, 7) is 0.479. The van der Waals surface area contributed by atoms with Crippen molar-refractivity contribution < 1.29 is 5.21 Å². The summed E-state index contributed by atoms with van der Waals surface area (Å²) in [6.07, 6.45) is 6.52. The molecule has 6 nitrogen and oxygen atoms in total. The normalized spacial score (nSPS) is 11.7. The molecule has 7 heteroatoms. The Bertz CT molecular complexity index is 551. The first-order chi connectivity index (χ1) is 8.22. The Hall–Kier alpha value is -2.08. The van der Waals surface area contributed by atoms with Crippen molar-refractivity contribution >= 4 is 17.4 Å². The highest BCUT2D eigenvalue weighted by Gasteiger charge is 2.09. The van der Waals surface area contributed by atoms with Crippen molar-refractivity contribution in [2.45, 2.75) is 6.54 Å². The summed E-state index contributed by atoms with van der Waals surface area (Å²) < 4.78 is 1.73. The first kappa shape index (κ1) is 11.4. The Morgan fingerprint density at radius 3 is 3.06 bits per heavy atom. The van der Waals surface area contributed by atoms with E-state index in [1.165, 1.54) is 0 Å². The Kier molecular flexibility index (Phi) is 3.24. The summed E-state index contributed by atoms with van der Waals surface area (Å²) >= 11 is 6.00. The largest absolute Gasteiger partial charge is 0.409 e. The van der Waals surface area contributed by atoms with E-state index in [1.807, 2.05) is 0 Å². The summed E-state index contributed by atoms with van der Waals surface area (Å²) in [7, 11) is 0. The number of pyridine rings is 1. The number of nitrogens with two attached hydrogens (primary N) is 1. The summed E-state index contributed by atoms with van der Waals surface area (Å²) in [4.78, 5) is 7.90. The minimum atomic E-state index is -0.0415. The van der Waals surface area contributed by atoms with Gasteiger partial charge in [0.15, 0.2) is 5.82 Å². The molecule has 0 amide bonds. The number of hydrogen-bond donors (Lipinski definition) is 2. The van der Waals surface area contributed by atoms with Gasteiger partial charge in [-0.25, -0.2) is 4.98 Å². The van der Waals surface area contributed by atoms with Crippen molar-refractivity contribution in [3.8, 4) is 0 Å². The van der Waals surface area contributed by atoms with Gasteiger partial charge in [-0.05, 0) is 11.6 Å². The zero-order valence-electron chi connectivity index (χ0n) is 8.79. The maximum atomic E-state index is 8.63. The van der Waals surface area contributed by atoms with E-state index in [4.69, 9.17) is 22.5 Å². The molecule has 0 bridgehead atoms. The van der Waals surface area contributed by atoms with Crippen LogP contribution in [0.3, 0.4) is 0 Å². The van der Waals surface area contributed by atoms with Crippen LogP contribution in [0.15, 0.2) is 36.0 Å². The van der Waals surface area contributed by atoms with E-state index in [0.29, 0.717) is 17.4 Å². The zero-order chi connectivity index (χ0) is 12.3. The molecule has 17 heavy (non-hydrogen) atoms. The zero-order valence-corrected chi connectivity index (χ0v) is 9.54. The highest BCUT2D eigenvalue weighted by atomic mass is 35.5. The fraction of sp³-hybridized carbons (Fsp3) is 0.100. The Morgan fingerprint density at radius 2 is 2.35 bits per heavy atom. The van der Waals surface area contributed by atoms with Crippen LogP contribution in [-0.4, -0.2) is 25.6 Å². The van der Waals surface area contributed by atoms with Gasteiger partial charge in [0.25, 0.3) is 0 Å². The van der Waals surface area contributed by atoms with E-state index < -0.39 is 0 Å². The summed E-state index contributed by atoms with van der Waals surface area (Å²) in [5.41, 5.74) is 6.38. The average Bonchev–Trinajstić information content (AvgIpc) is 2.79. The molecule has 2 rings (SSSR count). The van der Waals surface area contributed by atoms with Gasteiger partial charge in [-0.1, -0.05) is 16.8 Å². The topological polar surface area (TPSA) is 89.3 Å². The maximum absolute atomic E-state index is 8.63. The molecule has 2 aromatic heterocycles. The predicted octanol–water partition coefficient (Wildman–Crippen LogP) is 1.07. The summed E-state index contributed by atoms with van der Waals surface area (Å²) in [5.74, 6) is 0.348. The predicted molar refractivity (Wildman–Crippen MR) is 63.1 cm³/mol. The molecule has 0 atom stereocenters. The smallest absolute Gasteiger partial charge is 0.206 e. The molecule has 2 aromatic rings. The fourth-order valence-electron chi connectivity index (χ4n) is 1.43. The highest BCUT2D eigenvalue weighted by Crippen LogP contribution is 2.15. The minimum Gasteiger partial charge on any atom is -0.409 e. The summed E-state index contributed by atoms with van der Waals surface area (Å²) in [5, 5.41) is 12.1. The quantitative estimate of drug-likeness (QED) is 0.370. The molecule has 2 heterocycles. The molecule has 0 saturated carbocycles. The second kappa shape index (κ2) is 4.84. The number of oxime groups is 1. The van der Waals surface area contributed by atoms with Crippen LogP contribution < -0.4 is 5.73 Å². The van der Waals surface area contributed by atoms with Crippen LogP contribution >= 0.6 is 11.6 Å². The van der Waals surface area contributed by atoms with Gasteiger partial charge in [0.2, 0.25) is 5.84 Å². The van der Waals surface area contributed by atoms with E-state index >= 15 is 0 Å². The lowest BCUT2D eigenvalue weighted by molar-refractivity contribution is 0.318. The third kappa shape index (κ3) is 2.36. The van der Waals surface area contributed by atoms with E-state index in [0.717, 1.165) is 5.56 Å². The van der Waals surface area contributed by atoms with Crippen LogP contribution in [0.1, 0.15) is 11.4 Å². The molecule has 0 saturated heterocycles. The Morgan fingerprint density at radius 1 is 1.53 bits per heavy atom. The number of aromatic nitrogens is 3. The van der Waals surface area contributed by atoms with Gasteiger partial charge in [0, 0.05) is 24.8 Å². The van der Waals surface area contributed by atoms with Crippen molar-refractivity contribution in [3.63, 3.8) is 0 Å². The molecule has 0 aromatic carbocycles. The van der Waals surface area contributed by atoms with E-state index in [9.17, 15) is 0 Å². The van der Waals surface area contributed by atoms with Gasteiger partial charge >= 0.3 is 0 Å². The molecule has 3 N–H and O–H groups in total. The third-order valence-corrected chi connectivity index (χ3v) is 2.59. The Labute approximate surface area is 102 Å². The lowest BCUT2D eigenvalue weighted by Gasteiger charge is -2.07. The van der Waals surface area contributed by atoms with Gasteiger partial charge in [0.05, 0.1) is 11.6 Å². The lowest BCUT2D eigenvalue weighted by Crippen LogP contribution is -2.19. The van der Waals surface area contributed by atoms with Gasteiger partial charge < -0.3 is 15.5 Å². The van der Waals surface area contributed by atoms with E-state index in [1.54, 1.807) is 35.4 Å². The van der Waals surface area contributed by atoms with Gasteiger partial charge in [-0.15, -0.1) is 0 Å². The van der Waals surface area contributed by atoms with Gasteiger partial charge in [-0.2, -0.15) is 0 Å². The standard InChI is InChI=1S/C10H10ClN5O/c11-8-5-13-2-1-7(8)6-16-4-3-14-10(16)9(12)15-17/h1-5,17H,6H2,(H2,12,15). The molecule has 0 spiro atoms. The van der Waals surface area contributed by atoms with Crippen LogP contribution in [0.2, 0.25) is 5.02 Å². The molecule has 0 aliphatic heterocycles. The third-order valence-electron chi connectivity index (χ3n) is 2.25. The van der Waals surface area contributed by atoms with Crippen LogP contribution in [0.25, 0.3) is 0 Å². The monoisotopic (exact) mass is 251 g/mol. The van der Waals surface area contributed by atoms with Crippen molar-refractivity contribution in [2.75, 3.05) is 0 Å². The number of halogens is 1. The molecule has 88 valence electrons. The highest BCUT2D eigenvalue weighted by molar-refractivity contribution is 6.31. The average molecular weight is 252 g/mol. The Balaban J connectivity index is 2.32. The van der Waals surface area contributed by atoms with Crippen molar-refractivity contribution in [1.29, 1.82) is 0 Å². The number of nitrogens with zero attached hydrogens (tertiary/aromatic N) is 4. The molecule has 0 aliphatic rings. The first-order valence-corrected chi connectivity index (χ1v) is 5.17. The van der Waals surface area contributed by atoms with Crippen LogP contribution in [0.5, 0.6) is 0 Å². The van der Waals surface area contributed by atoms with E-state index in [2.05, 4.69) is 15.1 Å². The molecule has 0 unspecified atom stereocenters. The second-order valence-electron chi connectivity index (χ2n) is 3.33. The lowest BCUT2D eigenvalue weighted by atomic mass is 10.2. The molecule has 0 radical (unpaired) electrons. The van der Waals surface area contributed by atoms with Gasteiger partial charge in [0.1, 0.15) is 0 Å². The number of hydrogen-bond acceptors (Lipinski definition) is 4. The van der Waals surface area contributed by atoms with Crippen LogP contribution in [0, 0.1) is 0 Å². The minimum absolute atomic E-state index is 0.0415. The van der Waals surface area contributed by atoms with Gasteiger partial charge in [-0.3, -0.25) is 4.98 Å². The fourth-order valence-corrected chi connectivity index (χ4v) is 1.61. The second-order valence-corrected chi connectivity index (χ2v) is 3.74. The SMILES string of the molecule is NC(=NO)c1nccn1Cc1ccncc1Cl. The molecular weight excluding hydrogens is 242 g/mol. The number of rotatable bonds is 3. The first-order valence-electron chi connectivity index (χ1n) is 4.80. The van der Waals surface area contributed by atoms with Crippen LogP contribution in [0.4, 0.5) is 0 Å². The van der Waals surface area contributed by atoms with Crippen LogP contribution in [-0.2, 0) is 6.54 Å². The van der Waals surface area contributed by atoms with Crippen molar-refractivity contribution in [2.24, 2.45) is 10.9 Å². The molecule has 0 aliphatic carbocycles. The number of amidine groups is 1. The van der Waals surface area contributed by atoms with Crippen molar-refractivity contribution in [3.05, 3.63) is 47.3 Å². The molecule has 0 fully saturated rings. The summed E-state index contributed by atoms with van der Waals surface area (Å²) in [6, 6.07) is 1.80.